The quantitative estimate of drug-likeness (QED) is 0.450. The molecule has 1 fully saturated rings. The Hall–Kier alpha value is -2.58. The second-order valence-corrected chi connectivity index (χ2v) is 9.79. The molecule has 0 bridgehead atoms. The molecule has 1 heterocycles. The summed E-state index contributed by atoms with van der Waals surface area (Å²) in [7, 11) is 0. The Labute approximate surface area is 212 Å². The molecule has 1 aliphatic rings. The summed E-state index contributed by atoms with van der Waals surface area (Å²) < 4.78 is 44.4. The molecule has 0 radical (unpaired) electrons. The van der Waals surface area contributed by atoms with Gasteiger partial charge in [0.2, 0.25) is 0 Å². The average molecular weight is 506 g/mol. The Morgan fingerprint density at radius 2 is 1.61 bits per heavy atom. The Bertz CT molecular complexity index is 1010. The highest BCUT2D eigenvalue weighted by molar-refractivity contribution is 5.94. The predicted molar refractivity (Wildman–Crippen MR) is 137 cm³/mol. The molecular formula is C28H38F3N3O2. The van der Waals surface area contributed by atoms with Crippen LogP contribution in [0.1, 0.15) is 65.8 Å². The summed E-state index contributed by atoms with van der Waals surface area (Å²) in [5.41, 5.74) is 3.13. The number of piperazine rings is 1. The van der Waals surface area contributed by atoms with E-state index in [0.29, 0.717) is 38.8 Å². The van der Waals surface area contributed by atoms with E-state index in [0.717, 1.165) is 36.4 Å². The minimum atomic E-state index is -4.41. The van der Waals surface area contributed by atoms with Crippen LogP contribution in [0.25, 0.3) is 0 Å². The maximum absolute atomic E-state index is 12.8. The largest absolute Gasteiger partial charge is 0.493 e. The van der Waals surface area contributed by atoms with Gasteiger partial charge in [0.05, 0.1) is 12.2 Å². The number of carbonyl (C=O) groups excluding carboxylic acids is 1. The molecule has 0 aliphatic carbocycles. The number of alkyl halides is 3. The fourth-order valence-electron chi connectivity index (χ4n) is 4.56. The van der Waals surface area contributed by atoms with Crippen LogP contribution in [0.4, 0.5) is 13.2 Å². The van der Waals surface area contributed by atoms with Gasteiger partial charge in [-0.3, -0.25) is 9.69 Å². The van der Waals surface area contributed by atoms with Gasteiger partial charge in [-0.15, -0.1) is 0 Å². The summed E-state index contributed by atoms with van der Waals surface area (Å²) in [6.45, 7) is 14.7. The first-order chi connectivity index (χ1) is 17.0. The van der Waals surface area contributed by atoms with E-state index in [1.54, 1.807) is 4.90 Å². The molecule has 0 spiro atoms. The average Bonchev–Trinajstić information content (AvgIpc) is 2.85. The van der Waals surface area contributed by atoms with Gasteiger partial charge in [0.25, 0.3) is 5.91 Å². The summed E-state index contributed by atoms with van der Waals surface area (Å²) in [4.78, 5) is 16.9. The van der Waals surface area contributed by atoms with E-state index in [2.05, 4.69) is 57.0 Å². The smallest absolute Gasteiger partial charge is 0.416 e. The SMILES string of the molecule is Cc1c(OCCCNC(C)C)ccc(C(C)N2CCN(C(=O)c3ccc(C(F)(F)F)cc3)CC2)c1C. The fourth-order valence-corrected chi connectivity index (χ4v) is 4.56. The van der Waals surface area contributed by atoms with Crippen LogP contribution in [0.3, 0.4) is 0 Å². The fraction of sp³-hybridized carbons (Fsp3) is 0.536. The molecule has 1 atom stereocenters. The van der Waals surface area contributed by atoms with Crippen LogP contribution in [-0.4, -0.2) is 61.1 Å². The summed E-state index contributed by atoms with van der Waals surface area (Å²) in [5, 5.41) is 3.39. The molecule has 0 saturated carbocycles. The van der Waals surface area contributed by atoms with Gasteiger partial charge in [-0.1, -0.05) is 19.9 Å². The minimum absolute atomic E-state index is 0.177. The predicted octanol–water partition coefficient (Wildman–Crippen LogP) is 5.61. The van der Waals surface area contributed by atoms with Gasteiger partial charge >= 0.3 is 6.18 Å². The van der Waals surface area contributed by atoms with E-state index in [9.17, 15) is 18.0 Å². The molecule has 1 amide bonds. The zero-order valence-electron chi connectivity index (χ0n) is 21.9. The van der Waals surface area contributed by atoms with Gasteiger partial charge in [0.15, 0.2) is 0 Å². The van der Waals surface area contributed by atoms with Crippen molar-refractivity contribution in [3.63, 3.8) is 0 Å². The second kappa shape index (κ2) is 12.1. The molecule has 1 unspecified atom stereocenters. The number of hydrogen-bond acceptors (Lipinski definition) is 4. The lowest BCUT2D eigenvalue weighted by Crippen LogP contribution is -2.49. The summed E-state index contributed by atoms with van der Waals surface area (Å²) in [6, 6.07) is 9.28. The third-order valence-corrected chi connectivity index (χ3v) is 6.97. The van der Waals surface area contributed by atoms with E-state index in [4.69, 9.17) is 4.74 Å². The first-order valence-electron chi connectivity index (χ1n) is 12.7. The van der Waals surface area contributed by atoms with Crippen molar-refractivity contribution in [2.75, 3.05) is 39.3 Å². The van der Waals surface area contributed by atoms with Gasteiger partial charge in [-0.25, -0.2) is 0 Å². The summed E-state index contributed by atoms with van der Waals surface area (Å²) in [5.74, 6) is 0.688. The molecule has 8 heteroatoms. The van der Waals surface area contributed by atoms with E-state index in [-0.39, 0.29) is 17.5 Å². The number of ether oxygens (including phenoxy) is 1. The molecule has 198 valence electrons. The molecule has 5 nitrogen and oxygen atoms in total. The van der Waals surface area contributed by atoms with Crippen molar-refractivity contribution in [2.45, 2.75) is 59.3 Å². The minimum Gasteiger partial charge on any atom is -0.493 e. The van der Waals surface area contributed by atoms with E-state index in [1.807, 2.05) is 0 Å². The second-order valence-electron chi connectivity index (χ2n) is 9.79. The summed E-state index contributed by atoms with van der Waals surface area (Å²) in [6.07, 6.45) is -3.46. The Balaban J connectivity index is 1.55. The number of rotatable bonds is 9. The van der Waals surface area contributed by atoms with E-state index in [1.165, 1.54) is 23.3 Å². The molecular weight excluding hydrogens is 467 g/mol. The normalized spacial score (nSPS) is 15.9. The summed E-state index contributed by atoms with van der Waals surface area (Å²) >= 11 is 0. The number of carbonyl (C=O) groups is 1. The van der Waals surface area contributed by atoms with Crippen LogP contribution in [0.15, 0.2) is 36.4 Å². The zero-order valence-corrected chi connectivity index (χ0v) is 21.9. The molecule has 3 rings (SSSR count). The number of benzene rings is 2. The highest BCUT2D eigenvalue weighted by Crippen LogP contribution is 2.32. The van der Waals surface area contributed by atoms with Gasteiger partial charge < -0.3 is 15.0 Å². The number of halogens is 3. The molecule has 1 saturated heterocycles. The zero-order chi connectivity index (χ0) is 26.5. The van der Waals surface area contributed by atoms with Gasteiger partial charge in [-0.05, 0) is 80.8 Å². The van der Waals surface area contributed by atoms with Crippen molar-refractivity contribution in [2.24, 2.45) is 0 Å². The van der Waals surface area contributed by atoms with Crippen molar-refractivity contribution >= 4 is 5.91 Å². The van der Waals surface area contributed by atoms with Crippen molar-refractivity contribution < 1.29 is 22.7 Å². The lowest BCUT2D eigenvalue weighted by atomic mass is 9.96. The molecule has 1 aliphatic heterocycles. The van der Waals surface area contributed by atoms with Crippen LogP contribution < -0.4 is 10.1 Å². The first kappa shape index (κ1) is 28.0. The molecule has 2 aromatic carbocycles. The topological polar surface area (TPSA) is 44.8 Å². The number of amides is 1. The third kappa shape index (κ3) is 7.01. The standard InChI is InChI=1S/C28H38F3N3O2/c1-19(2)32-13-6-18-36-26-12-11-25(20(3)21(26)4)22(5)33-14-16-34(17-15-33)27(35)23-7-9-24(10-8-23)28(29,30)31/h7-12,19,22,32H,6,13-18H2,1-5H3. The van der Waals surface area contributed by atoms with Gasteiger partial charge in [0.1, 0.15) is 5.75 Å². The van der Waals surface area contributed by atoms with Crippen LogP contribution in [-0.2, 0) is 6.18 Å². The Kier molecular flexibility index (Phi) is 9.41. The van der Waals surface area contributed by atoms with Crippen LogP contribution >= 0.6 is 0 Å². The van der Waals surface area contributed by atoms with Crippen LogP contribution in [0.2, 0.25) is 0 Å². The maximum Gasteiger partial charge on any atom is 0.416 e. The van der Waals surface area contributed by atoms with E-state index >= 15 is 0 Å². The van der Waals surface area contributed by atoms with Crippen LogP contribution in [0.5, 0.6) is 5.75 Å². The van der Waals surface area contributed by atoms with Gasteiger partial charge in [0, 0.05) is 43.8 Å². The number of nitrogens with one attached hydrogen (secondary N) is 1. The number of nitrogens with zero attached hydrogens (tertiary/aromatic N) is 2. The van der Waals surface area contributed by atoms with Crippen molar-refractivity contribution in [1.82, 2.24) is 15.1 Å². The molecule has 36 heavy (non-hydrogen) atoms. The monoisotopic (exact) mass is 505 g/mol. The third-order valence-electron chi connectivity index (χ3n) is 6.97. The molecule has 2 aromatic rings. The molecule has 0 aromatic heterocycles. The van der Waals surface area contributed by atoms with E-state index < -0.39 is 11.7 Å². The lowest BCUT2D eigenvalue weighted by Gasteiger charge is -2.39. The molecule has 1 N–H and O–H groups in total. The first-order valence-corrected chi connectivity index (χ1v) is 12.7. The highest BCUT2D eigenvalue weighted by Gasteiger charge is 2.31. The van der Waals surface area contributed by atoms with Gasteiger partial charge in [-0.2, -0.15) is 13.2 Å². The maximum atomic E-state index is 12.8. The Morgan fingerprint density at radius 1 is 0.972 bits per heavy atom. The van der Waals surface area contributed by atoms with Crippen molar-refractivity contribution in [3.8, 4) is 5.75 Å². The van der Waals surface area contributed by atoms with Crippen molar-refractivity contribution in [3.05, 3.63) is 64.2 Å². The lowest BCUT2D eigenvalue weighted by molar-refractivity contribution is -0.137. The Morgan fingerprint density at radius 3 is 2.19 bits per heavy atom. The van der Waals surface area contributed by atoms with Crippen LogP contribution in [0, 0.1) is 13.8 Å². The van der Waals surface area contributed by atoms with Crippen molar-refractivity contribution in [1.29, 1.82) is 0 Å². The highest BCUT2D eigenvalue weighted by atomic mass is 19.4. The number of hydrogen-bond donors (Lipinski definition) is 1.